The van der Waals surface area contributed by atoms with Crippen molar-refractivity contribution in [2.45, 2.75) is 18.4 Å². The summed E-state index contributed by atoms with van der Waals surface area (Å²) in [4.78, 5) is 0. The molecule has 3 atom stereocenters. The lowest BCUT2D eigenvalue weighted by molar-refractivity contribution is -0.0782. The molecule has 0 aromatic heterocycles. The van der Waals surface area contributed by atoms with Crippen LogP contribution in [0.5, 0.6) is 0 Å². The van der Waals surface area contributed by atoms with Gasteiger partial charge in [0.05, 0.1) is 12.5 Å². The minimum absolute atomic E-state index is 0.0521. The lowest BCUT2D eigenvalue weighted by Crippen LogP contribution is -2.54. The molecule has 0 spiro atoms. The summed E-state index contributed by atoms with van der Waals surface area (Å²) in [6.07, 6.45) is 26.0. The van der Waals surface area contributed by atoms with Crippen molar-refractivity contribution in [3.63, 3.8) is 0 Å². The molecule has 2 heteroatoms. The van der Waals surface area contributed by atoms with Crippen molar-refractivity contribution in [3.8, 4) is 0 Å². The average molecular weight is 290 g/mol. The molecule has 0 bridgehead atoms. The second kappa shape index (κ2) is 4.23. The van der Waals surface area contributed by atoms with E-state index in [0.717, 1.165) is 19.4 Å². The van der Waals surface area contributed by atoms with E-state index >= 15 is 0 Å². The van der Waals surface area contributed by atoms with E-state index in [1.807, 2.05) is 12.3 Å². The van der Waals surface area contributed by atoms with Gasteiger partial charge >= 0.3 is 0 Å². The molecule has 0 radical (unpaired) electrons. The van der Waals surface area contributed by atoms with Crippen molar-refractivity contribution < 1.29 is 9.47 Å². The average Bonchev–Trinajstić information content (AvgIpc) is 2.59. The summed E-state index contributed by atoms with van der Waals surface area (Å²) < 4.78 is 11.7. The Morgan fingerprint density at radius 3 is 3.05 bits per heavy atom. The van der Waals surface area contributed by atoms with Crippen LogP contribution in [0, 0.1) is 11.3 Å². The van der Waals surface area contributed by atoms with Crippen LogP contribution in [0.4, 0.5) is 0 Å². The van der Waals surface area contributed by atoms with Gasteiger partial charge in [-0.05, 0) is 36.1 Å². The van der Waals surface area contributed by atoms with Crippen LogP contribution in [0.25, 0.3) is 0 Å². The summed E-state index contributed by atoms with van der Waals surface area (Å²) >= 11 is 0. The Bertz CT molecular complexity index is 744. The molecule has 1 fully saturated rings. The Kier molecular flexibility index (Phi) is 2.40. The number of fused-ring (bicyclic) bond motifs is 2. The van der Waals surface area contributed by atoms with Gasteiger partial charge in [-0.1, -0.05) is 42.5 Å². The number of rotatable bonds is 0. The SMILES string of the molecule is C1=CC23C=CC4C=C5C=COC=C5C=C4C2(C=C1)CCCO3. The Balaban J connectivity index is 1.73. The predicted molar refractivity (Wildman–Crippen MR) is 85.7 cm³/mol. The molecule has 0 N–H and O–H groups in total. The molecular weight excluding hydrogens is 272 g/mol. The smallest absolute Gasteiger partial charge is 0.117 e. The van der Waals surface area contributed by atoms with Gasteiger partial charge in [0, 0.05) is 23.5 Å². The summed E-state index contributed by atoms with van der Waals surface area (Å²) in [7, 11) is 0. The number of allylic oxidation sites excluding steroid dienone is 8. The van der Waals surface area contributed by atoms with Gasteiger partial charge in [-0.3, -0.25) is 0 Å². The summed E-state index contributed by atoms with van der Waals surface area (Å²) in [6, 6.07) is 0. The molecule has 0 amide bonds. The molecule has 5 rings (SSSR count). The van der Waals surface area contributed by atoms with Gasteiger partial charge in [-0.25, -0.2) is 0 Å². The summed E-state index contributed by atoms with van der Waals surface area (Å²) in [5, 5.41) is 0. The molecule has 110 valence electrons. The monoisotopic (exact) mass is 290 g/mol. The van der Waals surface area contributed by atoms with E-state index in [1.165, 1.54) is 16.7 Å². The lowest BCUT2D eigenvalue weighted by atomic mass is 9.54. The zero-order valence-electron chi connectivity index (χ0n) is 12.4. The van der Waals surface area contributed by atoms with E-state index < -0.39 is 0 Å². The summed E-state index contributed by atoms with van der Waals surface area (Å²) in [6.45, 7) is 0.831. The van der Waals surface area contributed by atoms with Gasteiger partial charge in [0.15, 0.2) is 0 Å². The van der Waals surface area contributed by atoms with Crippen LogP contribution in [-0.2, 0) is 9.47 Å². The quantitative estimate of drug-likeness (QED) is 0.625. The maximum absolute atomic E-state index is 6.30. The van der Waals surface area contributed by atoms with Gasteiger partial charge in [-0.15, -0.1) is 0 Å². The van der Waals surface area contributed by atoms with Crippen molar-refractivity contribution >= 4 is 0 Å². The van der Waals surface area contributed by atoms with Crippen molar-refractivity contribution in [3.05, 3.63) is 83.9 Å². The first kappa shape index (κ1) is 12.5. The maximum atomic E-state index is 6.30. The van der Waals surface area contributed by atoms with Gasteiger partial charge in [-0.2, -0.15) is 0 Å². The maximum Gasteiger partial charge on any atom is 0.117 e. The highest BCUT2D eigenvalue weighted by molar-refractivity contribution is 5.59. The zero-order valence-corrected chi connectivity index (χ0v) is 12.4. The largest absolute Gasteiger partial charge is 0.472 e. The van der Waals surface area contributed by atoms with Crippen LogP contribution in [0.1, 0.15) is 12.8 Å². The van der Waals surface area contributed by atoms with Crippen LogP contribution >= 0.6 is 0 Å². The second-order valence-electron chi connectivity index (χ2n) is 6.55. The Morgan fingerprint density at radius 1 is 1.09 bits per heavy atom. The molecule has 22 heavy (non-hydrogen) atoms. The molecule has 3 aliphatic carbocycles. The van der Waals surface area contributed by atoms with Crippen molar-refractivity contribution in [1.82, 2.24) is 0 Å². The van der Waals surface area contributed by atoms with E-state index in [1.54, 1.807) is 6.26 Å². The molecule has 2 heterocycles. The number of hydrogen-bond donors (Lipinski definition) is 0. The van der Waals surface area contributed by atoms with Crippen molar-refractivity contribution in [1.29, 1.82) is 0 Å². The third-order valence-electron chi connectivity index (χ3n) is 5.54. The Morgan fingerprint density at radius 2 is 2.05 bits per heavy atom. The van der Waals surface area contributed by atoms with Crippen LogP contribution < -0.4 is 0 Å². The zero-order chi connectivity index (χ0) is 14.6. The molecular formula is C20H18O2. The standard InChI is InChI=1S/C20H18O2/c1-2-8-20-9-4-16-12-15-5-11-21-14-17(15)13-18(16)19(20,6-1)7-3-10-22-20/h1-2,4-6,8-9,11-14,16H,3,7,10H2. The first-order valence-electron chi connectivity index (χ1n) is 8.00. The van der Waals surface area contributed by atoms with Crippen LogP contribution in [0.15, 0.2) is 83.9 Å². The molecule has 2 nitrogen and oxygen atoms in total. The highest BCUT2D eigenvalue weighted by Gasteiger charge is 2.56. The van der Waals surface area contributed by atoms with E-state index in [-0.39, 0.29) is 11.0 Å². The number of hydrogen-bond acceptors (Lipinski definition) is 2. The Labute approximate surface area is 130 Å². The first-order chi connectivity index (χ1) is 10.8. The topological polar surface area (TPSA) is 18.5 Å². The fraction of sp³-hybridized carbons (Fsp3) is 0.300. The van der Waals surface area contributed by atoms with Crippen LogP contribution in [-0.4, -0.2) is 12.2 Å². The predicted octanol–water partition coefficient (Wildman–Crippen LogP) is 4.13. The normalized spacial score (nSPS) is 40.4. The van der Waals surface area contributed by atoms with E-state index in [2.05, 4.69) is 48.6 Å². The van der Waals surface area contributed by atoms with E-state index in [4.69, 9.17) is 9.47 Å². The van der Waals surface area contributed by atoms with Gasteiger partial charge < -0.3 is 9.47 Å². The van der Waals surface area contributed by atoms with E-state index in [0.29, 0.717) is 5.92 Å². The molecule has 3 unspecified atom stereocenters. The van der Waals surface area contributed by atoms with Crippen LogP contribution in [0.3, 0.4) is 0 Å². The first-order valence-corrected chi connectivity index (χ1v) is 8.00. The van der Waals surface area contributed by atoms with Gasteiger partial charge in [0.2, 0.25) is 0 Å². The summed E-state index contributed by atoms with van der Waals surface area (Å²) in [5.41, 5.74) is 3.49. The third kappa shape index (κ3) is 1.43. The fourth-order valence-corrected chi connectivity index (χ4v) is 4.50. The highest BCUT2D eigenvalue weighted by Crippen LogP contribution is 2.58. The molecule has 0 saturated carbocycles. The molecule has 2 aliphatic heterocycles. The lowest BCUT2D eigenvalue weighted by Gasteiger charge is -2.55. The minimum Gasteiger partial charge on any atom is -0.472 e. The number of ether oxygens (including phenoxy) is 2. The highest BCUT2D eigenvalue weighted by atomic mass is 16.5. The van der Waals surface area contributed by atoms with Gasteiger partial charge in [0.1, 0.15) is 5.60 Å². The Hall–Kier alpha value is -2.06. The minimum atomic E-state index is -0.306. The molecule has 0 aromatic carbocycles. The van der Waals surface area contributed by atoms with E-state index in [9.17, 15) is 0 Å². The van der Waals surface area contributed by atoms with Crippen LogP contribution in [0.2, 0.25) is 0 Å². The van der Waals surface area contributed by atoms with Crippen molar-refractivity contribution in [2.24, 2.45) is 11.3 Å². The summed E-state index contributed by atoms with van der Waals surface area (Å²) in [5.74, 6) is 0.348. The molecule has 0 aromatic rings. The third-order valence-corrected chi connectivity index (χ3v) is 5.54. The molecule has 5 aliphatic rings. The molecule has 1 saturated heterocycles. The second-order valence-corrected chi connectivity index (χ2v) is 6.55. The van der Waals surface area contributed by atoms with Gasteiger partial charge in [0.25, 0.3) is 0 Å². The fourth-order valence-electron chi connectivity index (χ4n) is 4.50. The van der Waals surface area contributed by atoms with Crippen molar-refractivity contribution in [2.75, 3.05) is 6.61 Å².